The van der Waals surface area contributed by atoms with Crippen LogP contribution < -0.4 is 0 Å². The first-order chi connectivity index (χ1) is 17.3. The Kier molecular flexibility index (Phi) is 7.88. The van der Waals surface area contributed by atoms with Crippen LogP contribution in [-0.4, -0.2) is 51.1 Å². The summed E-state index contributed by atoms with van der Waals surface area (Å²) in [5.41, 5.74) is 1.13. The predicted octanol–water partition coefficient (Wildman–Crippen LogP) is 3.63. The van der Waals surface area contributed by atoms with Gasteiger partial charge in [0.05, 0.1) is 32.7 Å². The third-order valence-corrected chi connectivity index (χ3v) is 7.05. The van der Waals surface area contributed by atoms with Crippen molar-refractivity contribution in [1.82, 2.24) is 0 Å². The molecule has 1 N–H and O–H groups in total. The Labute approximate surface area is 207 Å². The molecule has 3 aromatic rings. The lowest BCUT2D eigenvalue weighted by Crippen LogP contribution is -2.52. The van der Waals surface area contributed by atoms with Crippen LogP contribution in [0.1, 0.15) is 18.1 Å². The summed E-state index contributed by atoms with van der Waals surface area (Å²) in [5.74, 6) is 0. The summed E-state index contributed by atoms with van der Waals surface area (Å²) in [5, 5.41) is 10.8. The van der Waals surface area contributed by atoms with E-state index in [0.717, 1.165) is 16.7 Å². The van der Waals surface area contributed by atoms with Gasteiger partial charge in [-0.25, -0.2) is 0 Å². The van der Waals surface area contributed by atoms with Gasteiger partial charge in [0.1, 0.15) is 24.4 Å². The van der Waals surface area contributed by atoms with Gasteiger partial charge in [-0.15, -0.1) is 0 Å². The van der Waals surface area contributed by atoms with Crippen LogP contribution in [0.3, 0.4) is 0 Å². The molecule has 1 fully saturated rings. The van der Waals surface area contributed by atoms with Gasteiger partial charge in [0.25, 0.3) is 10.1 Å². The van der Waals surface area contributed by atoms with Gasteiger partial charge in [0.15, 0.2) is 0 Å². The van der Waals surface area contributed by atoms with Crippen LogP contribution in [0.25, 0.3) is 0 Å². The van der Waals surface area contributed by atoms with E-state index in [1.807, 2.05) is 67.6 Å². The second kappa shape index (κ2) is 11.4. The molecule has 2 unspecified atom stereocenters. The highest BCUT2D eigenvalue weighted by atomic mass is 32.2. The van der Waals surface area contributed by atoms with Crippen LogP contribution >= 0.6 is 0 Å². The van der Waals surface area contributed by atoms with E-state index in [1.54, 1.807) is 12.1 Å². The molecule has 35 heavy (non-hydrogen) atoms. The van der Waals surface area contributed by atoms with Crippen LogP contribution in [0.5, 0.6) is 0 Å². The molecule has 4 rings (SSSR count). The SMILES string of the molecule is [3H]C1O[C@@](COCc2ccccc2)(COS(=O)(=O)c2ccc(C)cc2)C(OCc2ccccc2)[C@@H]1O. The lowest BCUT2D eigenvalue weighted by molar-refractivity contribution is -0.154. The summed E-state index contributed by atoms with van der Waals surface area (Å²) >= 11 is 0. The fraction of sp³-hybridized carbons (Fsp3) is 0.333. The Morgan fingerprint density at radius 2 is 1.54 bits per heavy atom. The normalized spacial score (nSPS) is 24.9. The van der Waals surface area contributed by atoms with Crippen LogP contribution in [0.4, 0.5) is 0 Å². The summed E-state index contributed by atoms with van der Waals surface area (Å²) in [6.45, 7) is 0.190. The molecule has 0 radical (unpaired) electrons. The highest BCUT2D eigenvalue weighted by Crippen LogP contribution is 2.32. The lowest BCUT2D eigenvalue weighted by Gasteiger charge is -2.34. The zero-order valence-electron chi connectivity index (χ0n) is 20.4. The third kappa shape index (κ3) is 6.55. The smallest absolute Gasteiger partial charge is 0.297 e. The Morgan fingerprint density at radius 3 is 2.17 bits per heavy atom. The minimum absolute atomic E-state index is 0.00354. The number of aryl methyl sites for hydroxylation is 1. The second-order valence-corrected chi connectivity index (χ2v) is 10.1. The maximum atomic E-state index is 12.9. The van der Waals surface area contributed by atoms with Crippen molar-refractivity contribution in [3.8, 4) is 0 Å². The summed E-state index contributed by atoms with van der Waals surface area (Å²) < 4.78 is 57.2. The van der Waals surface area contributed by atoms with E-state index in [9.17, 15) is 13.5 Å². The number of benzene rings is 3. The highest BCUT2D eigenvalue weighted by molar-refractivity contribution is 7.86. The molecule has 1 saturated heterocycles. The van der Waals surface area contributed by atoms with E-state index in [-0.39, 0.29) is 24.7 Å². The molecule has 7 nitrogen and oxygen atoms in total. The largest absolute Gasteiger partial charge is 0.388 e. The van der Waals surface area contributed by atoms with E-state index in [4.69, 9.17) is 19.8 Å². The van der Waals surface area contributed by atoms with Crippen LogP contribution in [0, 0.1) is 6.92 Å². The summed E-state index contributed by atoms with van der Waals surface area (Å²) in [6.07, 6.45) is -2.40. The van der Waals surface area contributed by atoms with Crippen molar-refractivity contribution in [3.63, 3.8) is 0 Å². The second-order valence-electron chi connectivity index (χ2n) is 8.53. The zero-order valence-corrected chi connectivity index (χ0v) is 20.3. The molecule has 1 heterocycles. The molecule has 3 aromatic carbocycles. The van der Waals surface area contributed by atoms with Crippen molar-refractivity contribution in [2.75, 3.05) is 19.8 Å². The maximum absolute atomic E-state index is 12.9. The average Bonchev–Trinajstić information content (AvgIpc) is 3.12. The summed E-state index contributed by atoms with van der Waals surface area (Å²) in [7, 11) is -4.14. The monoisotopic (exact) mass is 500 g/mol. The van der Waals surface area contributed by atoms with Gasteiger partial charge in [-0.05, 0) is 30.2 Å². The number of rotatable bonds is 11. The topological polar surface area (TPSA) is 91.3 Å². The standard InChI is InChI=1S/C27H30O7S/c1-21-12-14-24(15-13-21)35(29,30)34-20-27(19-31-16-22-8-4-2-5-9-22)26(25(28)18-33-27)32-17-23-10-6-3-7-11-23/h2-15,25-26,28H,16-20H2,1H3/t25-,26?,27+/m1/s1/i18T/t18?,25-,26?,27+. The molecular formula is C27H30O7S. The molecule has 1 aliphatic heterocycles. The van der Waals surface area contributed by atoms with E-state index < -0.39 is 41.1 Å². The van der Waals surface area contributed by atoms with Gasteiger partial charge in [-0.2, -0.15) is 8.42 Å². The fourth-order valence-corrected chi connectivity index (χ4v) is 4.77. The quantitative estimate of drug-likeness (QED) is 0.402. The van der Waals surface area contributed by atoms with Crippen molar-refractivity contribution in [2.24, 2.45) is 0 Å². The zero-order chi connectivity index (χ0) is 25.6. The summed E-state index contributed by atoms with van der Waals surface area (Å²) in [6, 6.07) is 25.1. The molecule has 0 amide bonds. The molecular weight excluding hydrogens is 468 g/mol. The van der Waals surface area contributed by atoms with E-state index in [0.29, 0.717) is 0 Å². The van der Waals surface area contributed by atoms with Gasteiger partial charge in [-0.3, -0.25) is 4.18 Å². The van der Waals surface area contributed by atoms with Gasteiger partial charge < -0.3 is 19.3 Å². The van der Waals surface area contributed by atoms with Gasteiger partial charge in [0, 0.05) is 0 Å². The molecule has 8 heteroatoms. The van der Waals surface area contributed by atoms with E-state index in [2.05, 4.69) is 0 Å². The molecule has 0 spiro atoms. The Bertz CT molecular complexity index is 1210. The number of aliphatic hydroxyl groups excluding tert-OH is 1. The Morgan fingerprint density at radius 1 is 0.943 bits per heavy atom. The molecule has 0 bridgehead atoms. The molecule has 4 atom stereocenters. The van der Waals surface area contributed by atoms with Crippen LogP contribution in [-0.2, 0) is 41.7 Å². The fourth-order valence-electron chi connectivity index (χ4n) is 3.81. The Balaban J connectivity index is 1.55. The molecule has 0 aliphatic carbocycles. The summed E-state index contributed by atoms with van der Waals surface area (Å²) in [4.78, 5) is -0.00354. The van der Waals surface area contributed by atoms with Crippen molar-refractivity contribution >= 4 is 10.1 Å². The molecule has 0 saturated carbocycles. The van der Waals surface area contributed by atoms with E-state index >= 15 is 0 Å². The first-order valence-electron chi connectivity index (χ1n) is 11.9. The number of hydrogen-bond donors (Lipinski definition) is 1. The van der Waals surface area contributed by atoms with Gasteiger partial charge in [-0.1, -0.05) is 78.4 Å². The van der Waals surface area contributed by atoms with Gasteiger partial charge >= 0.3 is 0 Å². The lowest BCUT2D eigenvalue weighted by atomic mass is 9.97. The predicted molar refractivity (Wildman–Crippen MR) is 130 cm³/mol. The minimum Gasteiger partial charge on any atom is -0.388 e. The highest BCUT2D eigenvalue weighted by Gasteiger charge is 2.52. The average molecular weight is 501 g/mol. The van der Waals surface area contributed by atoms with E-state index in [1.165, 1.54) is 12.1 Å². The minimum atomic E-state index is -4.14. The number of aliphatic hydroxyl groups is 1. The van der Waals surface area contributed by atoms with Crippen molar-refractivity contribution in [1.29, 1.82) is 0 Å². The van der Waals surface area contributed by atoms with Crippen LogP contribution in [0.15, 0.2) is 89.8 Å². The first kappa shape index (κ1) is 24.1. The molecule has 186 valence electrons. The van der Waals surface area contributed by atoms with Crippen molar-refractivity contribution in [3.05, 3.63) is 102 Å². The van der Waals surface area contributed by atoms with Gasteiger partial charge in [0.2, 0.25) is 0 Å². The molecule has 0 aromatic heterocycles. The first-order valence-corrected chi connectivity index (χ1v) is 12.7. The Hall–Kier alpha value is -2.59. The third-order valence-electron chi connectivity index (χ3n) is 5.77. The number of hydrogen-bond acceptors (Lipinski definition) is 7. The van der Waals surface area contributed by atoms with Crippen molar-refractivity contribution < 1.29 is 33.3 Å². The van der Waals surface area contributed by atoms with Crippen LogP contribution in [0.2, 0.25) is 0 Å². The maximum Gasteiger partial charge on any atom is 0.297 e. The van der Waals surface area contributed by atoms with Crippen molar-refractivity contribution in [2.45, 2.75) is 42.8 Å². The molecule has 1 aliphatic rings. The number of ether oxygens (including phenoxy) is 3.